The summed E-state index contributed by atoms with van der Waals surface area (Å²) in [5.41, 5.74) is 4.25. The molecule has 1 unspecified atom stereocenters. The maximum Gasteiger partial charge on any atom is 0.336 e. The fourth-order valence-corrected chi connectivity index (χ4v) is 5.02. The molecule has 1 aliphatic heterocycles. The monoisotopic (exact) mass is 475 g/mol. The highest BCUT2D eigenvalue weighted by Gasteiger charge is 2.43. The number of para-hydroxylation sites is 1. The average Bonchev–Trinajstić information content (AvgIpc) is 2.81. The summed E-state index contributed by atoms with van der Waals surface area (Å²) in [5, 5.41) is 3.37. The second kappa shape index (κ2) is 9.98. The molecule has 184 valence electrons. The van der Waals surface area contributed by atoms with Gasteiger partial charge in [-0.3, -0.25) is 4.79 Å². The van der Waals surface area contributed by atoms with Gasteiger partial charge in [-0.05, 0) is 55.5 Å². The van der Waals surface area contributed by atoms with Gasteiger partial charge in [0.1, 0.15) is 18.1 Å². The number of benzene rings is 2. The number of Topliss-reactive ketones (excluding diaryl/α,β-unsaturated/α-hetero) is 1. The molecule has 0 saturated carbocycles. The van der Waals surface area contributed by atoms with Crippen LogP contribution in [0.5, 0.6) is 11.5 Å². The van der Waals surface area contributed by atoms with E-state index in [4.69, 9.17) is 14.2 Å². The van der Waals surface area contributed by atoms with Crippen LogP contribution in [0.15, 0.2) is 71.1 Å². The van der Waals surface area contributed by atoms with Gasteiger partial charge < -0.3 is 19.5 Å². The van der Waals surface area contributed by atoms with Crippen LogP contribution in [-0.4, -0.2) is 25.5 Å². The van der Waals surface area contributed by atoms with Crippen molar-refractivity contribution < 1.29 is 23.8 Å². The number of esters is 1. The minimum Gasteiger partial charge on any atom is -0.496 e. The first-order chi connectivity index (χ1) is 16.7. The van der Waals surface area contributed by atoms with Gasteiger partial charge in [0, 0.05) is 34.9 Å². The first-order valence-corrected chi connectivity index (χ1v) is 12.0. The molecule has 35 heavy (non-hydrogen) atoms. The lowest BCUT2D eigenvalue weighted by atomic mass is 9.68. The highest BCUT2D eigenvalue weighted by molar-refractivity contribution is 6.04. The van der Waals surface area contributed by atoms with Crippen molar-refractivity contribution in [2.75, 3.05) is 13.7 Å². The highest BCUT2D eigenvalue weighted by Crippen LogP contribution is 2.47. The third kappa shape index (κ3) is 5.11. The Balaban J connectivity index is 1.80. The van der Waals surface area contributed by atoms with E-state index in [1.807, 2.05) is 55.5 Å². The molecule has 0 amide bonds. The summed E-state index contributed by atoms with van der Waals surface area (Å²) in [4.78, 5) is 26.6. The summed E-state index contributed by atoms with van der Waals surface area (Å²) in [5.74, 6) is 0.558. The van der Waals surface area contributed by atoms with Gasteiger partial charge in [0.05, 0.1) is 19.3 Å². The zero-order chi connectivity index (χ0) is 25.2. The van der Waals surface area contributed by atoms with Gasteiger partial charge in [-0.15, -0.1) is 0 Å². The summed E-state index contributed by atoms with van der Waals surface area (Å²) >= 11 is 0. The number of carbonyl (C=O) groups excluding carboxylic acids is 2. The Labute approximate surface area is 207 Å². The molecule has 2 aromatic rings. The van der Waals surface area contributed by atoms with E-state index < -0.39 is 11.9 Å². The van der Waals surface area contributed by atoms with Gasteiger partial charge in [-0.1, -0.05) is 38.1 Å². The van der Waals surface area contributed by atoms with Crippen molar-refractivity contribution in [2.24, 2.45) is 5.41 Å². The Bertz CT molecular complexity index is 1190. The van der Waals surface area contributed by atoms with Crippen LogP contribution in [0.1, 0.15) is 57.6 Å². The molecule has 1 N–H and O–H groups in total. The molecule has 4 rings (SSSR count). The van der Waals surface area contributed by atoms with E-state index in [1.165, 1.54) is 0 Å². The third-order valence-electron chi connectivity index (χ3n) is 6.51. The van der Waals surface area contributed by atoms with Gasteiger partial charge in [0.2, 0.25) is 0 Å². The molecule has 2 aliphatic rings. The number of allylic oxidation sites excluding steroid dienone is 3. The summed E-state index contributed by atoms with van der Waals surface area (Å²) in [6, 6.07) is 15.3. The SMILES string of the molecule is CCOC(=O)C1=C(C)NC2=C(C(=O)CC(C)(C)C2)C1c1ccc(OC)c(COc2ccccc2)c1. The molecule has 1 aliphatic carbocycles. The van der Waals surface area contributed by atoms with Gasteiger partial charge >= 0.3 is 5.97 Å². The van der Waals surface area contributed by atoms with Crippen molar-refractivity contribution in [1.29, 1.82) is 0 Å². The number of hydrogen-bond acceptors (Lipinski definition) is 6. The largest absolute Gasteiger partial charge is 0.496 e. The quantitative estimate of drug-likeness (QED) is 0.538. The van der Waals surface area contributed by atoms with Crippen LogP contribution < -0.4 is 14.8 Å². The molecule has 0 fully saturated rings. The standard InChI is InChI=1S/C29H33NO5/c1-6-34-28(32)25-18(2)30-22-15-29(3,4)16-23(31)27(22)26(25)19-12-13-24(33-5)20(14-19)17-35-21-10-8-7-9-11-21/h7-14,26,30H,6,15-17H2,1-5H3. The molecule has 1 heterocycles. The molecule has 6 heteroatoms. The van der Waals surface area contributed by atoms with E-state index in [0.29, 0.717) is 23.3 Å². The Morgan fingerprint density at radius 1 is 1.11 bits per heavy atom. The molecule has 0 bridgehead atoms. The fraction of sp³-hybridized carbons (Fsp3) is 0.379. The maximum atomic E-state index is 13.5. The third-order valence-corrected chi connectivity index (χ3v) is 6.51. The van der Waals surface area contributed by atoms with Gasteiger partial charge in [0.15, 0.2) is 5.78 Å². The van der Waals surface area contributed by atoms with Crippen LogP contribution in [0.4, 0.5) is 0 Å². The first kappa shape index (κ1) is 24.6. The Hall–Kier alpha value is -3.54. The summed E-state index contributed by atoms with van der Waals surface area (Å²) in [6.07, 6.45) is 1.16. The first-order valence-electron chi connectivity index (χ1n) is 12.0. The van der Waals surface area contributed by atoms with E-state index in [2.05, 4.69) is 19.2 Å². The zero-order valence-electron chi connectivity index (χ0n) is 21.1. The topological polar surface area (TPSA) is 73.9 Å². The van der Waals surface area contributed by atoms with Crippen molar-refractivity contribution in [1.82, 2.24) is 5.32 Å². The van der Waals surface area contributed by atoms with E-state index >= 15 is 0 Å². The van der Waals surface area contributed by atoms with Gasteiger partial charge in [-0.2, -0.15) is 0 Å². The minimum atomic E-state index is -0.518. The summed E-state index contributed by atoms with van der Waals surface area (Å²) in [6.45, 7) is 8.39. The lowest BCUT2D eigenvalue weighted by Gasteiger charge is -2.39. The number of rotatable bonds is 7. The maximum absolute atomic E-state index is 13.5. The van der Waals surface area contributed by atoms with E-state index in [1.54, 1.807) is 14.0 Å². The van der Waals surface area contributed by atoms with Crippen molar-refractivity contribution in [3.63, 3.8) is 0 Å². The lowest BCUT2D eigenvalue weighted by molar-refractivity contribution is -0.138. The molecule has 0 saturated heterocycles. The normalized spacial score (nSPS) is 19.1. The van der Waals surface area contributed by atoms with E-state index in [-0.39, 0.29) is 24.4 Å². The highest BCUT2D eigenvalue weighted by atomic mass is 16.5. The summed E-state index contributed by atoms with van der Waals surface area (Å²) in [7, 11) is 1.62. The van der Waals surface area contributed by atoms with Gasteiger partial charge in [0.25, 0.3) is 0 Å². The number of ketones is 1. The van der Waals surface area contributed by atoms with Crippen molar-refractivity contribution >= 4 is 11.8 Å². The fourth-order valence-electron chi connectivity index (χ4n) is 5.02. The molecule has 0 radical (unpaired) electrons. The van der Waals surface area contributed by atoms with Crippen LogP contribution in [0.3, 0.4) is 0 Å². The van der Waals surface area contributed by atoms with Crippen LogP contribution in [0.25, 0.3) is 0 Å². The van der Waals surface area contributed by atoms with Gasteiger partial charge in [-0.25, -0.2) is 4.79 Å². The van der Waals surface area contributed by atoms with Crippen molar-refractivity contribution in [3.8, 4) is 11.5 Å². The summed E-state index contributed by atoms with van der Waals surface area (Å²) < 4.78 is 17.0. The van der Waals surface area contributed by atoms with E-state index in [9.17, 15) is 9.59 Å². The smallest absolute Gasteiger partial charge is 0.336 e. The zero-order valence-corrected chi connectivity index (χ0v) is 21.1. The molecule has 1 atom stereocenters. The molecule has 2 aromatic carbocycles. The molecule has 0 aromatic heterocycles. The number of methoxy groups -OCH3 is 1. The van der Waals surface area contributed by atoms with Crippen LogP contribution in [0, 0.1) is 5.41 Å². The Morgan fingerprint density at radius 2 is 1.86 bits per heavy atom. The predicted octanol–water partition coefficient (Wildman–Crippen LogP) is 5.44. The number of dihydropyridines is 1. The number of hydrogen-bond donors (Lipinski definition) is 1. The van der Waals surface area contributed by atoms with Crippen molar-refractivity contribution in [3.05, 3.63) is 82.2 Å². The predicted molar refractivity (Wildman–Crippen MR) is 134 cm³/mol. The molecular formula is C29H33NO5. The average molecular weight is 476 g/mol. The molecular weight excluding hydrogens is 442 g/mol. The number of nitrogens with one attached hydrogen (secondary N) is 1. The van der Waals surface area contributed by atoms with Crippen LogP contribution in [0.2, 0.25) is 0 Å². The lowest BCUT2D eigenvalue weighted by Crippen LogP contribution is -2.38. The number of ether oxygens (including phenoxy) is 3. The Kier molecular flexibility index (Phi) is 7.01. The van der Waals surface area contributed by atoms with Crippen LogP contribution in [-0.2, 0) is 20.9 Å². The number of carbonyl (C=O) groups is 2. The van der Waals surface area contributed by atoms with Crippen molar-refractivity contribution in [2.45, 2.75) is 53.1 Å². The van der Waals surface area contributed by atoms with Crippen LogP contribution >= 0.6 is 0 Å². The second-order valence-electron chi connectivity index (χ2n) is 9.82. The minimum absolute atomic E-state index is 0.0564. The Morgan fingerprint density at radius 3 is 2.54 bits per heavy atom. The second-order valence-corrected chi connectivity index (χ2v) is 9.82. The molecule has 6 nitrogen and oxygen atoms in total. The molecule has 0 spiro atoms. The van der Waals surface area contributed by atoms with E-state index in [0.717, 1.165) is 34.7 Å².